The number of aryl methyl sites for hydroxylation is 1. The predicted molar refractivity (Wildman–Crippen MR) is 258 cm³/mol. The molecular formula is C48H57FN16O6. The molecule has 22 nitrogen and oxygen atoms in total. The number of imide groups is 1. The Labute approximate surface area is 407 Å². The van der Waals surface area contributed by atoms with Gasteiger partial charge in [-0.1, -0.05) is 5.16 Å². The highest BCUT2D eigenvalue weighted by Crippen LogP contribution is 2.48. The van der Waals surface area contributed by atoms with Crippen molar-refractivity contribution < 1.29 is 32.8 Å². The molecule has 5 amide bonds. The van der Waals surface area contributed by atoms with Gasteiger partial charge in [0.05, 0.1) is 22.2 Å². The summed E-state index contributed by atoms with van der Waals surface area (Å²) in [5.74, 6) is 1.71. The van der Waals surface area contributed by atoms with Crippen LogP contribution in [0.25, 0.3) is 44.7 Å². The molecule has 11 rings (SSSR count). The molecule has 0 spiro atoms. The van der Waals surface area contributed by atoms with E-state index in [2.05, 4.69) is 30.4 Å². The van der Waals surface area contributed by atoms with Crippen LogP contribution in [0.4, 0.5) is 31.3 Å². The van der Waals surface area contributed by atoms with Gasteiger partial charge in [-0.3, -0.25) is 29.4 Å². The maximum Gasteiger partial charge on any atom is 0.410 e. The standard InChI is InChI=1S/C48H57FN16O6/c1-27(2)65-46-39(43(50)53-26-54-46)40(56-65)41-38(42(71-58-41)30-4-5-30)44-51-22-31(23-52-44)29-8-13-63(14-9-29)48(69)70-25-37(67)62-11-6-28(7-12-62)24-60-16-18-61(19-17-60)35-21-34-32(20-33(35)49)45(57-59(34)3)64-15-10-36(66)55-47(64)68/h20-23,26-30H,4-19,24-25H2,1-3H3,(H2,50,53,54)(H,55,66,68). The van der Waals surface area contributed by atoms with E-state index < -0.39 is 12.1 Å². The smallest absolute Gasteiger partial charge is 0.410 e. The molecule has 6 aromatic rings. The summed E-state index contributed by atoms with van der Waals surface area (Å²) in [5, 5.41) is 17.3. The van der Waals surface area contributed by atoms with E-state index in [1.165, 1.54) is 17.3 Å². The number of nitrogen functional groups attached to an aromatic ring is 1. The maximum atomic E-state index is 15.7. The number of amides is 5. The average Bonchev–Trinajstić information content (AvgIpc) is 3.88. The number of aromatic nitrogens is 9. The van der Waals surface area contributed by atoms with Crippen molar-refractivity contribution in [2.45, 2.75) is 76.7 Å². The number of urea groups is 1. The Hall–Kier alpha value is -7.30. The summed E-state index contributed by atoms with van der Waals surface area (Å²) in [6.07, 6.45) is 9.85. The van der Waals surface area contributed by atoms with Crippen LogP contribution in [-0.4, -0.2) is 155 Å². The van der Waals surface area contributed by atoms with Gasteiger partial charge in [0.1, 0.15) is 29.4 Å². The second kappa shape index (κ2) is 18.8. The molecule has 3 N–H and O–H groups in total. The molecule has 5 aliphatic rings. The van der Waals surface area contributed by atoms with E-state index in [-0.39, 0.29) is 55.1 Å². The number of hydrogen-bond acceptors (Lipinski definition) is 16. The molecule has 23 heteroatoms. The summed E-state index contributed by atoms with van der Waals surface area (Å²) < 4.78 is 30.6. The minimum Gasteiger partial charge on any atom is -0.439 e. The van der Waals surface area contributed by atoms with E-state index in [1.807, 2.05) is 35.8 Å². The van der Waals surface area contributed by atoms with Crippen LogP contribution in [0, 0.1) is 11.7 Å². The molecule has 4 saturated heterocycles. The number of anilines is 3. The second-order valence-electron chi connectivity index (χ2n) is 19.7. The Morgan fingerprint density at radius 1 is 0.873 bits per heavy atom. The summed E-state index contributed by atoms with van der Waals surface area (Å²) in [5.41, 5.74) is 10.9. The van der Waals surface area contributed by atoms with Gasteiger partial charge in [0.2, 0.25) is 5.91 Å². The lowest BCUT2D eigenvalue weighted by Gasteiger charge is -2.39. The van der Waals surface area contributed by atoms with E-state index >= 15 is 4.39 Å². The first-order valence-electron chi connectivity index (χ1n) is 24.6. The second-order valence-corrected chi connectivity index (χ2v) is 19.7. The van der Waals surface area contributed by atoms with Crippen LogP contribution in [-0.2, 0) is 21.4 Å². The molecule has 1 aromatic carbocycles. The number of nitrogens with one attached hydrogen (secondary N) is 1. The summed E-state index contributed by atoms with van der Waals surface area (Å²) in [7, 11) is 1.76. The SMILES string of the molecule is CC(C)n1nc(-c2noc(C3CC3)c2-c2ncc(C3CCN(C(=O)OCC(=O)N4CCC(CN5CCN(c6cc7c(cc6F)c(N6CCC(=O)NC6=O)nn7C)CC5)CC4)CC3)cn2)c2c(N)ncnc21. The van der Waals surface area contributed by atoms with Gasteiger partial charge < -0.3 is 29.7 Å². The Bertz CT molecular complexity index is 3020. The zero-order valence-electron chi connectivity index (χ0n) is 40.1. The number of ether oxygens (including phenoxy) is 1. The van der Waals surface area contributed by atoms with Crippen molar-refractivity contribution in [2.24, 2.45) is 13.0 Å². The fourth-order valence-electron chi connectivity index (χ4n) is 10.6. The largest absolute Gasteiger partial charge is 0.439 e. The van der Waals surface area contributed by atoms with Crippen LogP contribution in [0.15, 0.2) is 35.4 Å². The predicted octanol–water partition coefficient (Wildman–Crippen LogP) is 4.83. The van der Waals surface area contributed by atoms with Gasteiger partial charge in [-0.05, 0) is 81.9 Å². The number of nitrogens with zero attached hydrogens (tertiary/aromatic N) is 14. The Morgan fingerprint density at radius 3 is 2.31 bits per heavy atom. The minimum absolute atomic E-state index is 0.0133. The third kappa shape index (κ3) is 8.95. The summed E-state index contributed by atoms with van der Waals surface area (Å²) in [6, 6.07) is 2.67. The molecule has 5 fully saturated rings. The number of fused-ring (bicyclic) bond motifs is 2. The number of likely N-dealkylation sites (tertiary alicyclic amines) is 2. The van der Waals surface area contributed by atoms with Crippen LogP contribution in [0.5, 0.6) is 0 Å². The quantitative estimate of drug-likeness (QED) is 0.177. The van der Waals surface area contributed by atoms with E-state index in [0.29, 0.717) is 120 Å². The lowest BCUT2D eigenvalue weighted by atomic mass is 9.91. The molecule has 0 bridgehead atoms. The number of rotatable bonds is 11. The van der Waals surface area contributed by atoms with E-state index in [9.17, 15) is 19.2 Å². The van der Waals surface area contributed by atoms with Crippen LogP contribution in [0.2, 0.25) is 0 Å². The number of carbonyl (C=O) groups excluding carboxylic acids is 4. The highest BCUT2D eigenvalue weighted by Gasteiger charge is 2.37. The van der Waals surface area contributed by atoms with Crippen molar-refractivity contribution in [1.82, 2.24) is 64.7 Å². The van der Waals surface area contributed by atoms with Crippen molar-refractivity contribution in [3.63, 3.8) is 0 Å². The molecule has 1 aliphatic carbocycles. The highest BCUT2D eigenvalue weighted by atomic mass is 19.1. The maximum absolute atomic E-state index is 15.7. The van der Waals surface area contributed by atoms with Gasteiger partial charge in [-0.15, -0.1) is 0 Å². The molecule has 5 aromatic heterocycles. The number of hydrogen-bond donors (Lipinski definition) is 2. The summed E-state index contributed by atoms with van der Waals surface area (Å²) in [4.78, 5) is 78.2. The fraction of sp³-hybridized carbons (Fsp3) is 0.521. The molecule has 4 aliphatic heterocycles. The van der Waals surface area contributed by atoms with E-state index in [4.69, 9.17) is 30.1 Å². The van der Waals surface area contributed by atoms with Gasteiger partial charge in [-0.25, -0.2) is 38.6 Å². The van der Waals surface area contributed by atoms with Gasteiger partial charge in [0.25, 0.3) is 5.91 Å². The molecule has 372 valence electrons. The highest BCUT2D eigenvalue weighted by molar-refractivity contribution is 6.09. The first kappa shape index (κ1) is 46.1. The summed E-state index contributed by atoms with van der Waals surface area (Å²) in [6.45, 7) is 9.83. The zero-order chi connectivity index (χ0) is 49.1. The molecule has 0 atom stereocenters. The van der Waals surface area contributed by atoms with E-state index in [0.717, 1.165) is 56.6 Å². The number of benzene rings is 1. The van der Waals surface area contributed by atoms with Crippen LogP contribution < -0.4 is 20.9 Å². The van der Waals surface area contributed by atoms with Crippen molar-refractivity contribution >= 4 is 63.2 Å². The Balaban J connectivity index is 0.629. The molecule has 9 heterocycles. The number of nitrogens with two attached hydrogens (primary N) is 1. The third-order valence-electron chi connectivity index (χ3n) is 14.7. The zero-order valence-corrected chi connectivity index (χ0v) is 40.1. The van der Waals surface area contributed by atoms with Crippen LogP contribution in [0.3, 0.4) is 0 Å². The molecule has 1 saturated carbocycles. The van der Waals surface area contributed by atoms with Crippen LogP contribution in [0.1, 0.15) is 88.0 Å². The van der Waals surface area contributed by atoms with Crippen molar-refractivity contribution in [3.8, 4) is 22.8 Å². The van der Waals surface area contributed by atoms with Crippen molar-refractivity contribution in [1.29, 1.82) is 0 Å². The normalized spacial score (nSPS) is 18.9. The molecule has 0 radical (unpaired) electrons. The number of piperidine rings is 2. The molecular weight excluding hydrogens is 916 g/mol. The van der Waals surface area contributed by atoms with Gasteiger partial charge in [0.15, 0.2) is 29.7 Å². The third-order valence-corrected chi connectivity index (χ3v) is 14.7. The number of halogens is 1. The summed E-state index contributed by atoms with van der Waals surface area (Å²) >= 11 is 0. The number of carbonyl (C=O) groups is 4. The Kier molecular flexibility index (Phi) is 12.2. The average molecular weight is 973 g/mol. The van der Waals surface area contributed by atoms with Gasteiger partial charge >= 0.3 is 12.1 Å². The first-order chi connectivity index (χ1) is 34.4. The minimum atomic E-state index is -0.562. The first-order valence-corrected chi connectivity index (χ1v) is 24.6. The lowest BCUT2D eigenvalue weighted by Crippen LogP contribution is -2.50. The monoisotopic (exact) mass is 972 g/mol. The van der Waals surface area contributed by atoms with Crippen LogP contribution >= 0.6 is 0 Å². The van der Waals surface area contributed by atoms with E-state index in [1.54, 1.807) is 27.6 Å². The van der Waals surface area contributed by atoms with Crippen molar-refractivity contribution in [3.05, 3.63) is 48.0 Å². The van der Waals surface area contributed by atoms with Crippen molar-refractivity contribution in [2.75, 3.05) is 87.6 Å². The van der Waals surface area contributed by atoms with Gasteiger partial charge in [0, 0.05) is 109 Å². The number of piperazine rings is 1. The van der Waals surface area contributed by atoms with Gasteiger partial charge in [-0.2, -0.15) is 10.2 Å². The molecule has 0 unspecified atom stereocenters. The fourth-order valence-corrected chi connectivity index (χ4v) is 10.6. The molecule has 71 heavy (non-hydrogen) atoms. The Morgan fingerprint density at radius 2 is 1.61 bits per heavy atom. The lowest BCUT2D eigenvalue weighted by molar-refractivity contribution is -0.136. The topological polar surface area (TPSA) is 245 Å².